The van der Waals surface area contributed by atoms with E-state index in [-0.39, 0.29) is 67.4 Å². The number of rotatable bonds is 15. The van der Waals surface area contributed by atoms with Crippen molar-refractivity contribution in [2.75, 3.05) is 18.4 Å². The molecule has 1 saturated heterocycles. The quantitative estimate of drug-likeness (QED) is 0.158. The highest BCUT2D eigenvalue weighted by molar-refractivity contribution is 6.03. The van der Waals surface area contributed by atoms with E-state index in [2.05, 4.69) is 16.0 Å². The van der Waals surface area contributed by atoms with Gasteiger partial charge in [0, 0.05) is 31.0 Å². The minimum atomic E-state index is -0.803. The number of carbonyl (C=O) groups excluding carboxylic acids is 6. The molecule has 0 radical (unpaired) electrons. The van der Waals surface area contributed by atoms with Crippen LogP contribution in [0.3, 0.4) is 0 Å². The zero-order valence-electron chi connectivity index (χ0n) is 26.6. The van der Waals surface area contributed by atoms with Crippen molar-refractivity contribution in [1.82, 2.24) is 15.5 Å². The molecule has 1 fully saturated rings. The number of unbranched alkanes of at least 4 members (excludes halogenated alkanes) is 2. The maximum Gasteiger partial charge on any atom is 0.311 e. The van der Waals surface area contributed by atoms with E-state index in [1.165, 1.54) is 4.90 Å². The molecule has 0 bridgehead atoms. The highest BCUT2D eigenvalue weighted by atomic mass is 16.5. The number of benzene rings is 1. The number of anilines is 1. The Bertz CT molecular complexity index is 1160. The maximum atomic E-state index is 12.8. The topological polar surface area (TPSA) is 151 Å². The normalized spacial score (nSPS) is 15.9. The zero-order chi connectivity index (χ0) is 32.3. The first kappa shape index (κ1) is 35.4. The Morgan fingerprint density at radius 1 is 0.953 bits per heavy atom. The number of esters is 1. The van der Waals surface area contributed by atoms with E-state index in [1.54, 1.807) is 58.9 Å². The molecule has 2 atom stereocenters. The average Bonchev–Trinajstić information content (AvgIpc) is 3.22. The average molecular weight is 601 g/mol. The van der Waals surface area contributed by atoms with Gasteiger partial charge in [-0.1, -0.05) is 46.2 Å². The lowest BCUT2D eigenvalue weighted by Crippen LogP contribution is -2.51. The van der Waals surface area contributed by atoms with Gasteiger partial charge < -0.3 is 20.7 Å². The summed E-state index contributed by atoms with van der Waals surface area (Å²) in [6.07, 6.45) is 2.32. The first-order chi connectivity index (χ1) is 20.1. The molecule has 1 aliphatic heterocycles. The summed E-state index contributed by atoms with van der Waals surface area (Å²) < 4.78 is 5.29. The number of carbonyl (C=O) groups is 6. The summed E-state index contributed by atoms with van der Waals surface area (Å²) in [7, 11) is 0. The highest BCUT2D eigenvalue weighted by Gasteiger charge is 2.39. The first-order valence-corrected chi connectivity index (χ1v) is 15.1. The standard InChI is InChI=1S/C32H48N4O7/c1-20(2)24-17-27(39)36(30(24)41)16-10-8-9-11-25(37)35-28(21(3)4)29(40)33-18-26(38)34-23-14-12-22(13-15-23)19-43-31(42)32(5,6)7/h12-15,20-21,24,28H,8-11,16-19H2,1-7H3,(H,33,40)(H,34,38)(H,35,37)/t24?,28-/m0/s1. The van der Waals surface area contributed by atoms with Gasteiger partial charge in [-0.2, -0.15) is 0 Å². The smallest absolute Gasteiger partial charge is 0.311 e. The second-order valence-electron chi connectivity index (χ2n) is 12.8. The number of ether oxygens (including phenoxy) is 1. The SMILES string of the molecule is CC(C)C1CC(=O)N(CCCCCC(=O)N[C@H](C(=O)NCC(=O)Nc2ccc(COC(=O)C(C)(C)C)cc2)C(C)C)C1=O. The Morgan fingerprint density at radius 3 is 2.16 bits per heavy atom. The van der Waals surface area contributed by atoms with Crippen LogP contribution < -0.4 is 16.0 Å². The fourth-order valence-corrected chi connectivity index (χ4v) is 4.51. The van der Waals surface area contributed by atoms with Gasteiger partial charge in [-0.3, -0.25) is 33.7 Å². The number of hydrogen-bond donors (Lipinski definition) is 3. The highest BCUT2D eigenvalue weighted by Crippen LogP contribution is 2.26. The van der Waals surface area contributed by atoms with E-state index in [0.29, 0.717) is 31.5 Å². The van der Waals surface area contributed by atoms with Gasteiger partial charge >= 0.3 is 5.97 Å². The second-order valence-corrected chi connectivity index (χ2v) is 12.8. The van der Waals surface area contributed by atoms with E-state index in [9.17, 15) is 28.8 Å². The number of nitrogens with zero attached hydrogens (tertiary/aromatic N) is 1. The summed E-state index contributed by atoms with van der Waals surface area (Å²) in [4.78, 5) is 75.5. The van der Waals surface area contributed by atoms with Crippen LogP contribution >= 0.6 is 0 Å². The Kier molecular flexibility index (Phi) is 13.3. The summed E-state index contributed by atoms with van der Waals surface area (Å²) in [5, 5.41) is 8.04. The molecule has 5 amide bonds. The molecule has 1 aliphatic rings. The van der Waals surface area contributed by atoms with Crippen LogP contribution in [-0.2, 0) is 40.1 Å². The van der Waals surface area contributed by atoms with Gasteiger partial charge in [0.1, 0.15) is 12.6 Å². The summed E-state index contributed by atoms with van der Waals surface area (Å²) in [5.41, 5.74) is 0.710. The Hall–Kier alpha value is -3.76. The van der Waals surface area contributed by atoms with Crippen LogP contribution in [0.2, 0.25) is 0 Å². The van der Waals surface area contributed by atoms with E-state index < -0.39 is 23.3 Å². The number of likely N-dealkylation sites (tertiary alicyclic amines) is 1. The molecule has 1 aromatic rings. The van der Waals surface area contributed by atoms with Gasteiger partial charge in [-0.05, 0) is 63.1 Å². The monoisotopic (exact) mass is 600 g/mol. The lowest BCUT2D eigenvalue weighted by molar-refractivity contribution is -0.154. The van der Waals surface area contributed by atoms with Gasteiger partial charge in [0.2, 0.25) is 29.5 Å². The minimum absolute atomic E-state index is 0.106. The van der Waals surface area contributed by atoms with Crippen molar-refractivity contribution in [3.8, 4) is 0 Å². The molecule has 2 rings (SSSR count). The lowest BCUT2D eigenvalue weighted by Gasteiger charge is -2.21. The van der Waals surface area contributed by atoms with Crippen molar-refractivity contribution < 1.29 is 33.5 Å². The third-order valence-corrected chi connectivity index (χ3v) is 7.28. The zero-order valence-corrected chi connectivity index (χ0v) is 26.6. The van der Waals surface area contributed by atoms with Crippen molar-refractivity contribution in [3.05, 3.63) is 29.8 Å². The molecule has 1 heterocycles. The van der Waals surface area contributed by atoms with Gasteiger partial charge in [-0.15, -0.1) is 0 Å². The third kappa shape index (κ3) is 11.4. The molecular weight excluding hydrogens is 552 g/mol. The Labute approximate surface area is 254 Å². The molecule has 0 aromatic heterocycles. The van der Waals surface area contributed by atoms with Crippen LogP contribution in [0.5, 0.6) is 0 Å². The summed E-state index contributed by atoms with van der Waals surface area (Å²) in [6.45, 7) is 13.0. The first-order valence-electron chi connectivity index (χ1n) is 15.1. The fraction of sp³-hybridized carbons (Fsp3) is 0.625. The van der Waals surface area contributed by atoms with Crippen LogP contribution in [-0.4, -0.2) is 59.5 Å². The number of imide groups is 1. The predicted molar refractivity (Wildman–Crippen MR) is 162 cm³/mol. The van der Waals surface area contributed by atoms with Gasteiger partial charge in [0.05, 0.1) is 12.0 Å². The molecular formula is C32H48N4O7. The van der Waals surface area contributed by atoms with Crippen LogP contribution in [0.4, 0.5) is 5.69 Å². The second kappa shape index (κ2) is 16.2. The molecule has 0 saturated carbocycles. The third-order valence-electron chi connectivity index (χ3n) is 7.28. The molecule has 0 aliphatic carbocycles. The summed E-state index contributed by atoms with van der Waals surface area (Å²) in [5.74, 6) is -2.02. The van der Waals surface area contributed by atoms with Crippen molar-refractivity contribution in [3.63, 3.8) is 0 Å². The van der Waals surface area contributed by atoms with Crippen LogP contribution in [0.15, 0.2) is 24.3 Å². The number of nitrogens with one attached hydrogen (secondary N) is 3. The number of amides is 5. The summed E-state index contributed by atoms with van der Waals surface area (Å²) in [6, 6.07) is 6.04. The van der Waals surface area contributed by atoms with E-state index in [4.69, 9.17) is 4.74 Å². The molecule has 3 N–H and O–H groups in total. The molecule has 11 heteroatoms. The molecule has 0 spiro atoms. The van der Waals surface area contributed by atoms with E-state index >= 15 is 0 Å². The van der Waals surface area contributed by atoms with Crippen LogP contribution in [0.25, 0.3) is 0 Å². The van der Waals surface area contributed by atoms with Gasteiger partial charge in [0.25, 0.3) is 0 Å². The lowest BCUT2D eigenvalue weighted by atomic mass is 9.94. The molecule has 1 aromatic carbocycles. The summed E-state index contributed by atoms with van der Waals surface area (Å²) >= 11 is 0. The molecule has 238 valence electrons. The Balaban J connectivity index is 1.71. The van der Waals surface area contributed by atoms with Crippen LogP contribution in [0, 0.1) is 23.2 Å². The minimum Gasteiger partial charge on any atom is -0.460 e. The molecule has 43 heavy (non-hydrogen) atoms. The molecule has 11 nitrogen and oxygen atoms in total. The van der Waals surface area contributed by atoms with Crippen LogP contribution in [0.1, 0.15) is 86.1 Å². The Morgan fingerprint density at radius 2 is 1.60 bits per heavy atom. The predicted octanol–water partition coefficient (Wildman–Crippen LogP) is 3.56. The molecule has 1 unspecified atom stereocenters. The van der Waals surface area contributed by atoms with Crippen molar-refractivity contribution in [1.29, 1.82) is 0 Å². The van der Waals surface area contributed by atoms with Crippen molar-refractivity contribution >= 4 is 41.2 Å². The maximum absolute atomic E-state index is 12.8. The van der Waals surface area contributed by atoms with Gasteiger partial charge in [-0.25, -0.2) is 0 Å². The fourth-order valence-electron chi connectivity index (χ4n) is 4.51. The number of hydrogen-bond acceptors (Lipinski definition) is 7. The van der Waals surface area contributed by atoms with E-state index in [0.717, 1.165) is 5.56 Å². The van der Waals surface area contributed by atoms with Crippen molar-refractivity contribution in [2.24, 2.45) is 23.2 Å². The largest absolute Gasteiger partial charge is 0.460 e. The van der Waals surface area contributed by atoms with E-state index in [1.807, 2.05) is 13.8 Å². The van der Waals surface area contributed by atoms with Crippen molar-refractivity contribution in [2.45, 2.75) is 93.2 Å². The van der Waals surface area contributed by atoms with Gasteiger partial charge in [0.15, 0.2) is 0 Å².